The van der Waals surface area contributed by atoms with Gasteiger partial charge in [0.25, 0.3) is 0 Å². The van der Waals surface area contributed by atoms with Crippen molar-refractivity contribution in [1.82, 2.24) is 9.13 Å². The molecule has 0 bridgehead atoms. The zero-order chi connectivity index (χ0) is 19.0. The summed E-state index contributed by atoms with van der Waals surface area (Å²) in [5, 5.41) is 0. The summed E-state index contributed by atoms with van der Waals surface area (Å²) in [6, 6.07) is 9.00. The van der Waals surface area contributed by atoms with Gasteiger partial charge in [0.05, 0.1) is 0 Å². The van der Waals surface area contributed by atoms with Crippen LogP contribution in [-0.2, 0) is 24.8 Å². The maximum absolute atomic E-state index is 6.42. The van der Waals surface area contributed by atoms with E-state index in [1.807, 2.05) is 0 Å². The van der Waals surface area contributed by atoms with E-state index in [1.54, 1.807) is 0 Å². The normalized spacial score (nSPS) is 12.7. The third-order valence-corrected chi connectivity index (χ3v) is 6.52. The molecule has 2 nitrogen and oxygen atoms in total. The molecule has 0 radical (unpaired) electrons. The molecule has 0 saturated carbocycles. The van der Waals surface area contributed by atoms with Gasteiger partial charge in [-0.1, -0.05) is 0 Å². The molecule has 0 unspecified atom stereocenters. The number of halogens is 1. The van der Waals surface area contributed by atoms with Crippen LogP contribution in [0.1, 0.15) is 38.9 Å². The summed E-state index contributed by atoms with van der Waals surface area (Å²) >= 11 is 0.187. The van der Waals surface area contributed by atoms with Gasteiger partial charge in [-0.25, -0.2) is 0 Å². The van der Waals surface area contributed by atoms with Crippen LogP contribution in [0.2, 0.25) is 0 Å². The predicted molar refractivity (Wildman–Crippen MR) is 107 cm³/mol. The standard InChI is InChI=1S/C22H26N2.Ag.ClH/c1-15-9-17(3)21(18(4)10-15)13-23-7-8-24(14-23)22-19(5)11-16(2)12-20(22)6;;/h7-12H,13H2,1-6H3;;1H/q;-1;/p-1. The number of hydrogen-bond donors (Lipinski definition) is 0. The van der Waals surface area contributed by atoms with E-state index < -0.39 is 0 Å². The van der Waals surface area contributed by atoms with Gasteiger partial charge in [-0.15, -0.1) is 0 Å². The van der Waals surface area contributed by atoms with E-state index in [-0.39, 0.29) is 18.2 Å². The molecule has 1 aromatic heterocycles. The average molecular weight is 462 g/mol. The molecule has 3 rings (SSSR count). The number of imidazole rings is 1. The van der Waals surface area contributed by atoms with Crippen LogP contribution < -0.4 is 0 Å². The van der Waals surface area contributed by atoms with Crippen LogP contribution in [0.25, 0.3) is 5.69 Å². The Morgan fingerprint density at radius 2 is 1.27 bits per heavy atom. The van der Waals surface area contributed by atoms with E-state index in [1.165, 1.54) is 44.6 Å². The molecule has 0 aliphatic rings. The number of aryl methyl sites for hydroxylation is 6. The fraction of sp³-hybridized carbons (Fsp3) is 0.318. The van der Waals surface area contributed by atoms with Gasteiger partial charge in [0, 0.05) is 0 Å². The van der Waals surface area contributed by atoms with Gasteiger partial charge in [-0.3, -0.25) is 0 Å². The predicted octanol–water partition coefficient (Wildman–Crippen LogP) is 5.95. The van der Waals surface area contributed by atoms with Crippen molar-refractivity contribution in [3.05, 3.63) is 79.2 Å². The Balaban J connectivity index is 2.12. The summed E-state index contributed by atoms with van der Waals surface area (Å²) in [4.78, 5) is 0. The van der Waals surface area contributed by atoms with Gasteiger partial charge in [0.1, 0.15) is 0 Å². The molecule has 0 spiro atoms. The number of aromatic nitrogens is 2. The van der Waals surface area contributed by atoms with Crippen LogP contribution in [0, 0.1) is 45.2 Å². The molecular weight excluding hydrogens is 436 g/mol. The van der Waals surface area contributed by atoms with Crippen molar-refractivity contribution in [3.8, 4) is 5.69 Å². The van der Waals surface area contributed by atoms with E-state index in [4.69, 9.17) is 9.19 Å². The first-order chi connectivity index (χ1) is 12.3. The summed E-state index contributed by atoms with van der Waals surface area (Å²) in [6.45, 7) is 13.9. The summed E-state index contributed by atoms with van der Waals surface area (Å²) in [5.41, 5.74) is 10.5. The average Bonchev–Trinajstić information content (AvgIpc) is 2.92. The molecule has 26 heavy (non-hydrogen) atoms. The van der Waals surface area contributed by atoms with Gasteiger partial charge < -0.3 is 0 Å². The molecule has 0 aliphatic carbocycles. The minimum atomic E-state index is 0.187. The molecule has 3 aromatic rings. The Labute approximate surface area is 169 Å². The zero-order valence-electron chi connectivity index (χ0n) is 16.2. The van der Waals surface area contributed by atoms with Crippen molar-refractivity contribution >= 4 is 9.19 Å². The Hall–Kier alpha value is -1.32. The quantitative estimate of drug-likeness (QED) is 0.427. The Bertz CT molecular complexity index is 995. The topological polar surface area (TPSA) is 9.86 Å². The van der Waals surface area contributed by atoms with E-state index >= 15 is 0 Å². The van der Waals surface area contributed by atoms with Crippen LogP contribution in [0.15, 0.2) is 36.7 Å². The van der Waals surface area contributed by atoms with Crippen molar-refractivity contribution < 1.29 is 18.2 Å². The van der Waals surface area contributed by atoms with Crippen LogP contribution in [0.5, 0.6) is 0 Å². The van der Waals surface area contributed by atoms with E-state index in [0.717, 1.165) is 10.2 Å². The van der Waals surface area contributed by atoms with Crippen molar-refractivity contribution in [2.75, 3.05) is 0 Å². The van der Waals surface area contributed by atoms with Crippen molar-refractivity contribution in [3.63, 3.8) is 0 Å². The van der Waals surface area contributed by atoms with Gasteiger partial charge in [-0.2, -0.15) is 0 Å². The summed E-state index contributed by atoms with van der Waals surface area (Å²) < 4.78 is 5.69. The van der Waals surface area contributed by atoms with Crippen molar-refractivity contribution in [2.45, 2.75) is 48.1 Å². The molecule has 2 aromatic carbocycles. The van der Waals surface area contributed by atoms with Crippen LogP contribution in [-0.4, -0.2) is 9.13 Å². The monoisotopic (exact) mass is 460 g/mol. The summed E-state index contributed by atoms with van der Waals surface area (Å²) in [6.07, 6.45) is 4.30. The van der Waals surface area contributed by atoms with Crippen LogP contribution in [0.4, 0.5) is 0 Å². The van der Waals surface area contributed by atoms with Crippen molar-refractivity contribution in [2.24, 2.45) is 0 Å². The van der Waals surface area contributed by atoms with Crippen LogP contribution in [0.3, 0.4) is 0 Å². The molecule has 0 fully saturated rings. The van der Waals surface area contributed by atoms with Crippen molar-refractivity contribution in [1.29, 1.82) is 0 Å². The first-order valence-electron chi connectivity index (χ1n) is 8.76. The first kappa shape index (κ1) is 19.4. The second-order valence-electron chi connectivity index (χ2n) is 7.21. The van der Waals surface area contributed by atoms with Gasteiger partial charge in [0.15, 0.2) is 0 Å². The fourth-order valence-electron chi connectivity index (χ4n) is 3.91. The Morgan fingerprint density at radius 1 is 0.769 bits per heavy atom. The Morgan fingerprint density at radius 3 is 1.77 bits per heavy atom. The molecule has 1 heterocycles. The summed E-state index contributed by atoms with van der Waals surface area (Å²) in [5.74, 6) is 0. The third kappa shape index (κ3) is 3.70. The zero-order valence-corrected chi connectivity index (χ0v) is 18.5. The molecule has 0 atom stereocenters. The van der Waals surface area contributed by atoms with E-state index in [2.05, 4.69) is 87.3 Å². The van der Waals surface area contributed by atoms with Gasteiger partial charge in [-0.05, 0) is 0 Å². The number of nitrogens with zero attached hydrogens (tertiary/aromatic N) is 2. The van der Waals surface area contributed by atoms with E-state index in [9.17, 15) is 0 Å². The third-order valence-electron chi connectivity index (χ3n) is 4.89. The molecule has 0 aliphatic heterocycles. The molecule has 0 N–H and O–H groups in total. The molecule has 4 heteroatoms. The number of benzene rings is 2. The maximum atomic E-state index is 6.42. The number of rotatable bonds is 3. The number of hydrogen-bond acceptors (Lipinski definition) is 0. The molecule has 0 saturated heterocycles. The fourth-order valence-corrected chi connectivity index (χ4v) is 5.42. The first-order valence-corrected chi connectivity index (χ1v) is 11.4. The minimum absolute atomic E-state index is 0.187. The van der Waals surface area contributed by atoms with E-state index in [0.29, 0.717) is 0 Å². The van der Waals surface area contributed by atoms with Gasteiger partial charge >= 0.3 is 170 Å². The summed E-state index contributed by atoms with van der Waals surface area (Å²) in [7, 11) is 6.42. The SMILES string of the molecule is Cc1cc(C)c(Cn2ccn(-c3c(C)cc(C)cc3C)[c]2=[Ag-2][Cl])c(C)c1. The molecule has 144 valence electrons. The van der Waals surface area contributed by atoms with Crippen LogP contribution >= 0.6 is 9.19 Å². The molecule has 0 amide bonds. The van der Waals surface area contributed by atoms with Gasteiger partial charge in [0.2, 0.25) is 0 Å². The second-order valence-corrected chi connectivity index (χ2v) is 8.83. The Kier molecular flexibility index (Phi) is 5.78. The second kappa shape index (κ2) is 7.74. The molecular formula is C22H26AgClN2-2.